The van der Waals surface area contributed by atoms with E-state index in [1.54, 1.807) is 19.2 Å². The maximum absolute atomic E-state index is 13.9. The van der Waals surface area contributed by atoms with Crippen LogP contribution in [0.4, 0.5) is 4.39 Å². The number of halogens is 2. The Morgan fingerprint density at radius 2 is 1.89 bits per heavy atom. The molecule has 96 valence electrons. The molecule has 0 aliphatic carbocycles. The number of hydrogen-bond acceptors (Lipinski definition) is 3. The molecule has 0 aliphatic rings. The molecule has 2 nitrogen and oxygen atoms in total. The molecule has 1 atom stereocenters. The van der Waals surface area contributed by atoms with Gasteiger partial charge < -0.3 is 9.47 Å². The van der Waals surface area contributed by atoms with Crippen molar-refractivity contribution in [3.8, 4) is 11.5 Å². The molecule has 1 aromatic carbocycles. The minimum atomic E-state index is -0.523. The number of thiophene rings is 1. The van der Waals surface area contributed by atoms with Crippen LogP contribution in [0.2, 0.25) is 0 Å². The van der Waals surface area contributed by atoms with Crippen LogP contribution >= 0.6 is 22.9 Å². The zero-order chi connectivity index (χ0) is 13.1. The van der Waals surface area contributed by atoms with Crippen molar-refractivity contribution in [3.63, 3.8) is 0 Å². The molecule has 1 heterocycles. The lowest BCUT2D eigenvalue weighted by Crippen LogP contribution is -1.96. The molecule has 0 saturated carbocycles. The quantitative estimate of drug-likeness (QED) is 0.783. The van der Waals surface area contributed by atoms with Gasteiger partial charge in [-0.2, -0.15) is 0 Å². The Hall–Kier alpha value is -1.26. The zero-order valence-electron chi connectivity index (χ0n) is 9.94. The maximum Gasteiger partial charge on any atom is 0.131 e. The van der Waals surface area contributed by atoms with Crippen molar-refractivity contribution in [2.45, 2.75) is 5.38 Å². The summed E-state index contributed by atoms with van der Waals surface area (Å²) in [6, 6.07) is 6.47. The van der Waals surface area contributed by atoms with E-state index in [0.29, 0.717) is 11.3 Å². The van der Waals surface area contributed by atoms with Crippen LogP contribution in [-0.2, 0) is 0 Å². The lowest BCUT2D eigenvalue weighted by Gasteiger charge is -2.10. The highest BCUT2D eigenvalue weighted by atomic mass is 35.5. The third-order valence-electron chi connectivity index (χ3n) is 2.56. The van der Waals surface area contributed by atoms with E-state index in [1.807, 2.05) is 11.4 Å². The molecule has 5 heteroatoms. The first-order valence-electron chi connectivity index (χ1n) is 5.25. The van der Waals surface area contributed by atoms with Crippen LogP contribution in [0.3, 0.4) is 0 Å². The van der Waals surface area contributed by atoms with E-state index in [0.717, 1.165) is 10.6 Å². The molecule has 0 fully saturated rings. The van der Waals surface area contributed by atoms with Crippen LogP contribution in [0.25, 0.3) is 0 Å². The maximum atomic E-state index is 13.9. The van der Waals surface area contributed by atoms with Gasteiger partial charge in [-0.05, 0) is 12.1 Å². The third kappa shape index (κ3) is 2.60. The number of rotatable bonds is 4. The second-order valence-electron chi connectivity index (χ2n) is 3.64. The van der Waals surface area contributed by atoms with Crippen molar-refractivity contribution < 1.29 is 13.9 Å². The van der Waals surface area contributed by atoms with E-state index in [1.165, 1.54) is 24.5 Å². The third-order valence-corrected chi connectivity index (χ3v) is 4.14. The minimum Gasteiger partial charge on any atom is -0.497 e. The fraction of sp³-hybridized carbons (Fsp3) is 0.231. The molecular weight excluding hydrogens is 275 g/mol. The Labute approximate surface area is 114 Å². The number of methoxy groups -OCH3 is 2. The van der Waals surface area contributed by atoms with Crippen LogP contribution in [0.15, 0.2) is 29.6 Å². The molecular formula is C13H12ClFO2S. The molecule has 0 aliphatic heterocycles. The van der Waals surface area contributed by atoms with Gasteiger partial charge in [0, 0.05) is 21.9 Å². The van der Waals surface area contributed by atoms with Gasteiger partial charge in [-0.25, -0.2) is 4.39 Å². The summed E-state index contributed by atoms with van der Waals surface area (Å²) in [5, 5.41) is 1.32. The average molecular weight is 287 g/mol. The van der Waals surface area contributed by atoms with E-state index >= 15 is 0 Å². The lowest BCUT2D eigenvalue weighted by atomic mass is 10.1. The number of benzene rings is 1. The highest BCUT2D eigenvalue weighted by molar-refractivity contribution is 7.10. The SMILES string of the molecule is COc1csc(C(Cl)c2ccc(OC)cc2F)c1. The lowest BCUT2D eigenvalue weighted by molar-refractivity contribution is 0.410. The van der Waals surface area contributed by atoms with E-state index in [-0.39, 0.29) is 5.82 Å². The molecule has 1 aromatic heterocycles. The first kappa shape index (κ1) is 13.2. The van der Waals surface area contributed by atoms with Crippen molar-refractivity contribution in [2.24, 2.45) is 0 Å². The van der Waals surface area contributed by atoms with Crippen molar-refractivity contribution in [2.75, 3.05) is 14.2 Å². The van der Waals surface area contributed by atoms with E-state index in [2.05, 4.69) is 0 Å². The van der Waals surface area contributed by atoms with E-state index < -0.39 is 5.38 Å². The Kier molecular flexibility index (Phi) is 4.09. The van der Waals surface area contributed by atoms with Crippen molar-refractivity contribution >= 4 is 22.9 Å². The molecule has 0 amide bonds. The average Bonchev–Trinajstić information content (AvgIpc) is 2.86. The highest BCUT2D eigenvalue weighted by Crippen LogP contribution is 2.37. The van der Waals surface area contributed by atoms with Gasteiger partial charge in [0.15, 0.2) is 0 Å². The molecule has 2 rings (SSSR count). The van der Waals surface area contributed by atoms with Crippen LogP contribution in [0, 0.1) is 5.82 Å². The first-order valence-corrected chi connectivity index (χ1v) is 6.57. The molecule has 0 radical (unpaired) electrons. The number of alkyl halides is 1. The fourth-order valence-electron chi connectivity index (χ4n) is 1.57. The molecule has 0 bridgehead atoms. The van der Waals surface area contributed by atoms with Gasteiger partial charge in [-0.3, -0.25) is 0 Å². The van der Waals surface area contributed by atoms with Gasteiger partial charge in [0.1, 0.15) is 17.3 Å². The van der Waals surface area contributed by atoms with E-state index in [4.69, 9.17) is 21.1 Å². The molecule has 0 saturated heterocycles. The summed E-state index contributed by atoms with van der Waals surface area (Å²) in [6.45, 7) is 0. The summed E-state index contributed by atoms with van der Waals surface area (Å²) in [5.74, 6) is 0.833. The number of ether oxygens (including phenoxy) is 2. The Balaban J connectivity index is 2.30. The first-order chi connectivity index (χ1) is 8.65. The topological polar surface area (TPSA) is 18.5 Å². The smallest absolute Gasteiger partial charge is 0.131 e. The summed E-state index contributed by atoms with van der Waals surface area (Å²) >= 11 is 7.72. The van der Waals surface area contributed by atoms with Crippen molar-refractivity contribution in [1.82, 2.24) is 0 Å². The standard InChI is InChI=1S/C13H12ClFO2S/c1-16-8-3-4-10(11(15)5-8)13(14)12-6-9(17-2)7-18-12/h3-7,13H,1-2H3. The summed E-state index contributed by atoms with van der Waals surface area (Å²) in [5.41, 5.74) is 0.432. The minimum absolute atomic E-state index is 0.373. The second kappa shape index (κ2) is 5.59. The summed E-state index contributed by atoms with van der Waals surface area (Å²) in [7, 11) is 3.08. The summed E-state index contributed by atoms with van der Waals surface area (Å²) in [4.78, 5) is 0.845. The van der Waals surface area contributed by atoms with Gasteiger partial charge in [-0.15, -0.1) is 22.9 Å². The molecule has 1 unspecified atom stereocenters. The fourth-order valence-corrected chi connectivity index (χ4v) is 2.81. The zero-order valence-corrected chi connectivity index (χ0v) is 11.5. The monoisotopic (exact) mass is 286 g/mol. The van der Waals surface area contributed by atoms with Crippen LogP contribution in [0.5, 0.6) is 11.5 Å². The normalized spacial score (nSPS) is 12.2. The van der Waals surface area contributed by atoms with Crippen LogP contribution in [0.1, 0.15) is 15.8 Å². The molecule has 0 N–H and O–H groups in total. The molecule has 0 spiro atoms. The predicted molar refractivity (Wildman–Crippen MR) is 71.5 cm³/mol. The van der Waals surface area contributed by atoms with Crippen LogP contribution < -0.4 is 9.47 Å². The van der Waals surface area contributed by atoms with Crippen LogP contribution in [-0.4, -0.2) is 14.2 Å². The summed E-state index contributed by atoms with van der Waals surface area (Å²) < 4.78 is 23.9. The van der Waals surface area contributed by atoms with E-state index in [9.17, 15) is 4.39 Å². The number of hydrogen-bond donors (Lipinski definition) is 0. The second-order valence-corrected chi connectivity index (χ2v) is 5.02. The van der Waals surface area contributed by atoms with Gasteiger partial charge in [0.05, 0.1) is 19.6 Å². The Morgan fingerprint density at radius 3 is 2.44 bits per heavy atom. The van der Waals surface area contributed by atoms with Crippen molar-refractivity contribution in [1.29, 1.82) is 0 Å². The largest absolute Gasteiger partial charge is 0.497 e. The molecule has 2 aromatic rings. The highest BCUT2D eigenvalue weighted by Gasteiger charge is 2.18. The summed E-state index contributed by atoms with van der Waals surface area (Å²) in [6.07, 6.45) is 0. The molecule has 18 heavy (non-hydrogen) atoms. The van der Waals surface area contributed by atoms with Gasteiger partial charge in [-0.1, -0.05) is 6.07 Å². The van der Waals surface area contributed by atoms with Crippen molar-refractivity contribution in [3.05, 3.63) is 45.9 Å². The van der Waals surface area contributed by atoms with Gasteiger partial charge in [0.25, 0.3) is 0 Å². The predicted octanol–water partition coefficient (Wildman–Crippen LogP) is 4.23. The Morgan fingerprint density at radius 1 is 1.17 bits per heavy atom. The van der Waals surface area contributed by atoms with Gasteiger partial charge >= 0.3 is 0 Å². The Bertz CT molecular complexity index is 542. The van der Waals surface area contributed by atoms with Gasteiger partial charge in [0.2, 0.25) is 0 Å².